The van der Waals surface area contributed by atoms with E-state index >= 15 is 0 Å². The van der Waals surface area contributed by atoms with E-state index in [1.54, 1.807) is 0 Å². The van der Waals surface area contributed by atoms with Crippen molar-refractivity contribution in [3.05, 3.63) is 170 Å². The molecule has 6 nitrogen and oxygen atoms in total. The minimum absolute atomic E-state index is 0.106. The van der Waals surface area contributed by atoms with Gasteiger partial charge in [-0.25, -0.2) is 0 Å². The Kier molecular flexibility index (Phi) is 64.9. The zero-order chi connectivity index (χ0) is 59.9. The van der Waals surface area contributed by atoms with Crippen molar-refractivity contribution in [2.45, 2.75) is 284 Å². The van der Waals surface area contributed by atoms with Crippen LogP contribution < -0.4 is 0 Å². The van der Waals surface area contributed by atoms with Gasteiger partial charge in [0, 0.05) is 19.3 Å². The number of hydrogen-bond acceptors (Lipinski definition) is 6. The van der Waals surface area contributed by atoms with Crippen LogP contribution in [0.4, 0.5) is 0 Å². The Bertz CT molecular complexity index is 1890. The van der Waals surface area contributed by atoms with Crippen molar-refractivity contribution in [3.63, 3.8) is 0 Å². The molecule has 1 unspecified atom stereocenters. The van der Waals surface area contributed by atoms with E-state index in [4.69, 9.17) is 14.2 Å². The zero-order valence-electron chi connectivity index (χ0n) is 53.4. The lowest BCUT2D eigenvalue weighted by Crippen LogP contribution is -2.30. The van der Waals surface area contributed by atoms with Crippen molar-refractivity contribution < 1.29 is 28.6 Å². The van der Waals surface area contributed by atoms with Crippen molar-refractivity contribution in [1.29, 1.82) is 0 Å². The molecule has 0 amide bonds. The number of ether oxygens (including phenoxy) is 3. The molecule has 0 rings (SSSR count). The van der Waals surface area contributed by atoms with Crippen molar-refractivity contribution in [1.82, 2.24) is 0 Å². The molecule has 83 heavy (non-hydrogen) atoms. The predicted octanol–water partition coefficient (Wildman–Crippen LogP) is 23.4. The molecule has 0 saturated carbocycles. The van der Waals surface area contributed by atoms with Gasteiger partial charge in [0.15, 0.2) is 6.10 Å². The smallest absolute Gasteiger partial charge is 0.306 e. The van der Waals surface area contributed by atoms with Crippen molar-refractivity contribution in [2.24, 2.45) is 0 Å². The first-order valence-electron chi connectivity index (χ1n) is 33.6. The minimum atomic E-state index is -0.815. The maximum Gasteiger partial charge on any atom is 0.306 e. The van der Waals surface area contributed by atoms with Gasteiger partial charge in [-0.2, -0.15) is 0 Å². The third-order valence-electron chi connectivity index (χ3n) is 13.7. The number of rotatable bonds is 59. The molecule has 0 heterocycles. The fourth-order valence-electron chi connectivity index (χ4n) is 8.71. The second-order valence-corrected chi connectivity index (χ2v) is 21.6. The lowest BCUT2D eigenvalue weighted by atomic mass is 10.1. The topological polar surface area (TPSA) is 78.9 Å². The van der Waals surface area contributed by atoms with E-state index in [1.165, 1.54) is 77.0 Å². The molecule has 0 radical (unpaired) electrons. The van der Waals surface area contributed by atoms with Gasteiger partial charge in [-0.3, -0.25) is 14.4 Å². The predicted molar refractivity (Wildman–Crippen MR) is 361 cm³/mol. The standard InChI is InChI=1S/C77H122O6/c1-4-7-10-13-16-19-22-25-28-31-33-34-35-36-37-38-39-40-41-42-44-46-49-52-55-58-61-64-67-70-76(79)82-73-74(72-81-75(78)69-66-63-60-57-54-51-48-45-30-27-24-21-18-15-12-9-6-3)83-77(80)71-68-65-62-59-56-53-50-47-43-32-29-26-23-20-17-14-11-8-5-2/h7-8,10-11,16-21,25-30,33-34,36-37,39-40,42-44,47,53,56,74H,4-6,9,12-15,22-24,31-32,35,38,41,45-46,48-52,54-55,57-73H2,1-3H3/b10-7-,11-8-,19-16-,20-17-,21-18-,28-25-,29-26-,30-27-,34-33-,37-36-,40-39-,44-42-,47-43-,56-53-. The Hall–Kier alpha value is -5.23. The summed E-state index contributed by atoms with van der Waals surface area (Å²) in [6.07, 6.45) is 102. The molecule has 0 spiro atoms. The van der Waals surface area contributed by atoms with Gasteiger partial charge in [0.2, 0.25) is 0 Å². The van der Waals surface area contributed by atoms with Gasteiger partial charge in [-0.05, 0) is 154 Å². The van der Waals surface area contributed by atoms with Gasteiger partial charge in [0.05, 0.1) is 0 Å². The molecule has 0 aliphatic rings. The van der Waals surface area contributed by atoms with Crippen molar-refractivity contribution in [3.8, 4) is 0 Å². The molecule has 0 aromatic heterocycles. The molecule has 6 heteroatoms. The molecule has 0 N–H and O–H groups in total. The molecular formula is C77H122O6. The first-order valence-corrected chi connectivity index (χ1v) is 33.6. The SMILES string of the molecule is CC/C=C\C/C=C\C/C=C\C/C=C\C/C=C\C/C=C\C/C=C\CCCCCCCCCC(=O)OCC(COC(=O)CCCCCCCCC/C=C\C/C=C\CCCCC)OC(=O)CCCCC/C=C\C/C=C\C/C=C\C/C=C\C/C=C\CC. The van der Waals surface area contributed by atoms with E-state index in [0.717, 1.165) is 154 Å². The minimum Gasteiger partial charge on any atom is -0.462 e. The van der Waals surface area contributed by atoms with Crippen LogP contribution in [-0.2, 0) is 28.6 Å². The Morgan fingerprint density at radius 1 is 0.253 bits per heavy atom. The summed E-state index contributed by atoms with van der Waals surface area (Å²) in [5.74, 6) is -0.959. The summed E-state index contributed by atoms with van der Waals surface area (Å²) in [6.45, 7) is 6.35. The molecule has 1 atom stereocenters. The van der Waals surface area contributed by atoms with Gasteiger partial charge in [-0.1, -0.05) is 274 Å². The van der Waals surface area contributed by atoms with Crippen LogP contribution >= 0.6 is 0 Å². The molecule has 0 aliphatic heterocycles. The monoisotopic (exact) mass is 1140 g/mol. The molecule has 0 bridgehead atoms. The highest BCUT2D eigenvalue weighted by molar-refractivity contribution is 5.71. The van der Waals surface area contributed by atoms with Gasteiger partial charge >= 0.3 is 17.9 Å². The summed E-state index contributed by atoms with van der Waals surface area (Å²) in [5, 5.41) is 0. The molecular weight excluding hydrogens is 1020 g/mol. The van der Waals surface area contributed by atoms with Gasteiger partial charge < -0.3 is 14.2 Å². The summed E-state index contributed by atoms with van der Waals surface area (Å²) in [6, 6.07) is 0. The number of esters is 3. The second-order valence-electron chi connectivity index (χ2n) is 21.6. The molecule has 0 aliphatic carbocycles. The highest BCUT2D eigenvalue weighted by Gasteiger charge is 2.19. The van der Waals surface area contributed by atoms with Crippen LogP contribution in [0.3, 0.4) is 0 Å². The number of carbonyl (C=O) groups is 3. The van der Waals surface area contributed by atoms with E-state index in [2.05, 4.69) is 191 Å². The average molecular weight is 1140 g/mol. The number of unbranched alkanes of at least 4 members (excludes halogenated alkanes) is 20. The molecule has 0 aromatic rings. The van der Waals surface area contributed by atoms with Gasteiger partial charge in [-0.15, -0.1) is 0 Å². The van der Waals surface area contributed by atoms with Crippen molar-refractivity contribution in [2.75, 3.05) is 13.2 Å². The average Bonchev–Trinajstić information content (AvgIpc) is 3.49. The summed E-state index contributed by atoms with van der Waals surface area (Å²) in [7, 11) is 0. The maximum absolute atomic E-state index is 12.9. The Morgan fingerprint density at radius 3 is 0.747 bits per heavy atom. The third-order valence-corrected chi connectivity index (χ3v) is 13.7. The van der Waals surface area contributed by atoms with E-state index in [1.807, 2.05) is 0 Å². The normalized spacial score (nSPS) is 13.2. The fraction of sp³-hybridized carbons (Fsp3) is 0.597. The lowest BCUT2D eigenvalue weighted by molar-refractivity contribution is -0.167. The maximum atomic E-state index is 12.9. The van der Waals surface area contributed by atoms with Gasteiger partial charge in [0.1, 0.15) is 13.2 Å². The Balaban J connectivity index is 4.46. The largest absolute Gasteiger partial charge is 0.462 e. The van der Waals surface area contributed by atoms with Crippen LogP contribution in [0.15, 0.2) is 170 Å². The summed E-state index contributed by atoms with van der Waals surface area (Å²) >= 11 is 0. The van der Waals surface area contributed by atoms with Crippen LogP contribution in [0.2, 0.25) is 0 Å². The number of allylic oxidation sites excluding steroid dienone is 28. The van der Waals surface area contributed by atoms with E-state index < -0.39 is 6.10 Å². The molecule has 0 saturated heterocycles. The van der Waals surface area contributed by atoms with Crippen LogP contribution in [0.5, 0.6) is 0 Å². The quantitative estimate of drug-likeness (QED) is 0.0261. The fourth-order valence-corrected chi connectivity index (χ4v) is 8.71. The Labute approximate surface area is 511 Å². The van der Waals surface area contributed by atoms with Crippen LogP contribution in [0.25, 0.3) is 0 Å². The van der Waals surface area contributed by atoms with E-state index in [-0.39, 0.29) is 37.5 Å². The van der Waals surface area contributed by atoms with Gasteiger partial charge in [0.25, 0.3) is 0 Å². The van der Waals surface area contributed by atoms with Crippen LogP contribution in [0.1, 0.15) is 278 Å². The Morgan fingerprint density at radius 2 is 0.470 bits per heavy atom. The summed E-state index contributed by atoms with van der Waals surface area (Å²) in [4.78, 5) is 38.4. The zero-order valence-corrected chi connectivity index (χ0v) is 53.4. The first kappa shape index (κ1) is 77.8. The second kappa shape index (κ2) is 69.3. The molecule has 0 aromatic carbocycles. The third kappa shape index (κ3) is 67.4. The van der Waals surface area contributed by atoms with Crippen molar-refractivity contribution >= 4 is 17.9 Å². The number of carbonyl (C=O) groups excluding carboxylic acids is 3. The molecule has 0 fully saturated rings. The summed E-state index contributed by atoms with van der Waals surface area (Å²) < 4.78 is 16.9. The van der Waals surface area contributed by atoms with E-state index in [9.17, 15) is 14.4 Å². The lowest BCUT2D eigenvalue weighted by Gasteiger charge is -2.18. The molecule has 466 valence electrons. The number of hydrogen-bond donors (Lipinski definition) is 0. The first-order chi connectivity index (χ1) is 41.0. The highest BCUT2D eigenvalue weighted by Crippen LogP contribution is 2.14. The van der Waals surface area contributed by atoms with Crippen LogP contribution in [-0.4, -0.2) is 37.2 Å². The highest BCUT2D eigenvalue weighted by atomic mass is 16.6. The van der Waals surface area contributed by atoms with E-state index in [0.29, 0.717) is 19.3 Å². The van der Waals surface area contributed by atoms with Crippen LogP contribution in [0, 0.1) is 0 Å². The summed E-state index contributed by atoms with van der Waals surface area (Å²) in [5.41, 5.74) is 0.